The van der Waals surface area contributed by atoms with E-state index in [0.29, 0.717) is 0 Å². The van der Waals surface area contributed by atoms with Gasteiger partial charge in [-0.05, 0) is 32.9 Å². The second kappa shape index (κ2) is 4.82. The topological polar surface area (TPSA) is 91.3 Å². The molecule has 0 saturated carbocycles. The summed E-state index contributed by atoms with van der Waals surface area (Å²) in [6, 6.07) is 3.97. The molecule has 1 rings (SSSR count). The second-order valence-corrected chi connectivity index (χ2v) is 4.54. The smallest absolute Gasteiger partial charge is 0.354 e. The van der Waals surface area contributed by atoms with Crippen molar-refractivity contribution in [1.82, 2.24) is 10.3 Å². The van der Waals surface area contributed by atoms with Gasteiger partial charge in [0.15, 0.2) is 5.69 Å². The van der Waals surface area contributed by atoms with E-state index in [-0.39, 0.29) is 17.1 Å². The van der Waals surface area contributed by atoms with Gasteiger partial charge in [0, 0.05) is 5.54 Å². The fourth-order valence-corrected chi connectivity index (χ4v) is 1.11. The van der Waals surface area contributed by atoms with E-state index in [9.17, 15) is 9.59 Å². The average Bonchev–Trinajstić information content (AvgIpc) is 2.14. The number of nitrogens with zero attached hydrogens (tertiary/aromatic N) is 1. The van der Waals surface area contributed by atoms with Crippen molar-refractivity contribution in [1.29, 1.82) is 0 Å². The zero-order chi connectivity index (χ0) is 13.1. The number of hydrogen-bond acceptors (Lipinski definition) is 3. The Morgan fingerprint density at radius 3 is 2.47 bits per heavy atom. The van der Waals surface area contributed by atoms with Gasteiger partial charge in [0.05, 0.1) is 0 Å². The van der Waals surface area contributed by atoms with Gasteiger partial charge in [-0.2, -0.15) is 0 Å². The third kappa shape index (κ3) is 4.50. The Kier molecular flexibility index (Phi) is 3.67. The van der Waals surface area contributed by atoms with Crippen molar-refractivity contribution in [2.45, 2.75) is 26.3 Å². The maximum Gasteiger partial charge on any atom is 0.354 e. The predicted octanol–water partition coefficient (Wildman–Crippen LogP) is 1.70. The molecule has 0 unspecified atom stereocenters. The van der Waals surface area contributed by atoms with Crippen molar-refractivity contribution in [2.75, 3.05) is 5.32 Å². The molecule has 92 valence electrons. The number of urea groups is 1. The minimum absolute atomic E-state index is 0.112. The summed E-state index contributed by atoms with van der Waals surface area (Å²) in [5, 5.41) is 13.9. The molecule has 0 atom stereocenters. The lowest BCUT2D eigenvalue weighted by Crippen LogP contribution is -2.43. The maximum absolute atomic E-state index is 11.5. The highest BCUT2D eigenvalue weighted by atomic mass is 16.4. The first-order valence-electron chi connectivity index (χ1n) is 5.07. The molecule has 0 saturated heterocycles. The van der Waals surface area contributed by atoms with E-state index in [2.05, 4.69) is 15.6 Å². The monoisotopic (exact) mass is 237 g/mol. The van der Waals surface area contributed by atoms with E-state index < -0.39 is 12.0 Å². The SMILES string of the molecule is CC(C)(C)NC(=O)Nc1cccc(C(=O)O)n1. The average molecular weight is 237 g/mol. The van der Waals surface area contributed by atoms with E-state index in [1.165, 1.54) is 18.2 Å². The normalized spacial score (nSPS) is 10.8. The van der Waals surface area contributed by atoms with Gasteiger partial charge in [0.2, 0.25) is 0 Å². The highest BCUT2D eigenvalue weighted by molar-refractivity contribution is 5.90. The van der Waals surface area contributed by atoms with Crippen molar-refractivity contribution in [2.24, 2.45) is 0 Å². The molecule has 0 aromatic carbocycles. The van der Waals surface area contributed by atoms with Crippen molar-refractivity contribution >= 4 is 17.8 Å². The van der Waals surface area contributed by atoms with Gasteiger partial charge in [-0.25, -0.2) is 14.6 Å². The summed E-state index contributed by atoms with van der Waals surface area (Å²) in [6.45, 7) is 5.52. The van der Waals surface area contributed by atoms with Gasteiger partial charge in [0.25, 0.3) is 0 Å². The molecule has 0 radical (unpaired) electrons. The van der Waals surface area contributed by atoms with Gasteiger partial charge in [0.1, 0.15) is 5.82 Å². The summed E-state index contributed by atoms with van der Waals surface area (Å²) in [4.78, 5) is 25.9. The van der Waals surface area contributed by atoms with Crippen molar-refractivity contribution in [3.8, 4) is 0 Å². The summed E-state index contributed by atoms with van der Waals surface area (Å²) in [5.74, 6) is -0.934. The first kappa shape index (κ1) is 13.0. The van der Waals surface area contributed by atoms with Crippen LogP contribution in [0.1, 0.15) is 31.3 Å². The van der Waals surface area contributed by atoms with Crippen molar-refractivity contribution in [3.05, 3.63) is 23.9 Å². The predicted molar refractivity (Wildman–Crippen MR) is 63.1 cm³/mol. The molecule has 6 nitrogen and oxygen atoms in total. The molecule has 3 N–H and O–H groups in total. The molecule has 1 aromatic heterocycles. The number of aromatic carboxylic acids is 1. The van der Waals surface area contributed by atoms with Crippen LogP contribution >= 0.6 is 0 Å². The molecule has 1 heterocycles. The third-order valence-corrected chi connectivity index (χ3v) is 1.70. The number of hydrogen-bond donors (Lipinski definition) is 3. The molecule has 0 fully saturated rings. The Morgan fingerprint density at radius 1 is 1.29 bits per heavy atom. The lowest BCUT2D eigenvalue weighted by Gasteiger charge is -2.20. The molecule has 6 heteroatoms. The molecule has 1 aromatic rings. The van der Waals surface area contributed by atoms with Gasteiger partial charge in [-0.1, -0.05) is 6.07 Å². The van der Waals surface area contributed by atoms with Crippen LogP contribution in [0, 0.1) is 0 Å². The van der Waals surface area contributed by atoms with E-state index in [0.717, 1.165) is 0 Å². The van der Waals surface area contributed by atoms with E-state index >= 15 is 0 Å². The lowest BCUT2D eigenvalue weighted by molar-refractivity contribution is 0.0690. The number of amides is 2. The van der Waals surface area contributed by atoms with Crippen molar-refractivity contribution in [3.63, 3.8) is 0 Å². The minimum atomic E-state index is -1.13. The summed E-state index contributed by atoms with van der Waals surface area (Å²) in [7, 11) is 0. The number of carboxylic acid groups (broad SMARTS) is 1. The first-order valence-corrected chi connectivity index (χ1v) is 5.07. The van der Waals surface area contributed by atoms with Gasteiger partial charge < -0.3 is 10.4 Å². The highest BCUT2D eigenvalue weighted by Crippen LogP contribution is 2.06. The Balaban J connectivity index is 2.72. The van der Waals surface area contributed by atoms with E-state index in [1.54, 1.807) is 0 Å². The molecule has 2 amide bonds. The van der Waals surface area contributed by atoms with Crippen LogP contribution < -0.4 is 10.6 Å². The Bertz CT molecular complexity index is 438. The molecule has 0 bridgehead atoms. The number of nitrogens with one attached hydrogen (secondary N) is 2. The zero-order valence-corrected chi connectivity index (χ0v) is 9.94. The quantitative estimate of drug-likeness (QED) is 0.730. The molecule has 0 aliphatic carbocycles. The van der Waals surface area contributed by atoms with Gasteiger partial charge in [-0.15, -0.1) is 0 Å². The number of pyridine rings is 1. The summed E-state index contributed by atoms with van der Waals surface area (Å²) < 4.78 is 0. The zero-order valence-electron chi connectivity index (χ0n) is 9.94. The van der Waals surface area contributed by atoms with Crippen LogP contribution in [-0.2, 0) is 0 Å². The van der Waals surface area contributed by atoms with Crippen LogP contribution in [-0.4, -0.2) is 27.6 Å². The molecular weight excluding hydrogens is 222 g/mol. The Hall–Kier alpha value is -2.11. The van der Waals surface area contributed by atoms with Crippen LogP contribution in [0.15, 0.2) is 18.2 Å². The van der Waals surface area contributed by atoms with Gasteiger partial charge >= 0.3 is 12.0 Å². The summed E-state index contributed by atoms with van der Waals surface area (Å²) in [6.07, 6.45) is 0. The van der Waals surface area contributed by atoms with Crippen molar-refractivity contribution < 1.29 is 14.7 Å². The van der Waals surface area contributed by atoms with E-state index in [4.69, 9.17) is 5.11 Å². The molecular formula is C11H15N3O3. The first-order chi connectivity index (χ1) is 7.78. The molecule has 0 aliphatic rings. The Morgan fingerprint density at radius 2 is 1.94 bits per heavy atom. The number of carbonyl (C=O) groups is 2. The fourth-order valence-electron chi connectivity index (χ4n) is 1.11. The summed E-state index contributed by atoms with van der Waals surface area (Å²) >= 11 is 0. The highest BCUT2D eigenvalue weighted by Gasteiger charge is 2.14. The van der Waals surface area contributed by atoms with E-state index in [1.807, 2.05) is 20.8 Å². The molecule has 0 spiro atoms. The fraction of sp³-hybridized carbons (Fsp3) is 0.364. The lowest BCUT2D eigenvalue weighted by atomic mass is 10.1. The number of carbonyl (C=O) groups excluding carboxylic acids is 1. The largest absolute Gasteiger partial charge is 0.477 e. The van der Waals surface area contributed by atoms with Crippen LogP contribution in [0.2, 0.25) is 0 Å². The molecule has 0 aliphatic heterocycles. The number of carboxylic acids is 1. The minimum Gasteiger partial charge on any atom is -0.477 e. The number of rotatable bonds is 2. The van der Waals surface area contributed by atoms with Crippen LogP contribution in [0.4, 0.5) is 10.6 Å². The van der Waals surface area contributed by atoms with Crippen LogP contribution in [0.5, 0.6) is 0 Å². The van der Waals surface area contributed by atoms with Gasteiger partial charge in [-0.3, -0.25) is 5.32 Å². The third-order valence-electron chi connectivity index (χ3n) is 1.70. The second-order valence-electron chi connectivity index (χ2n) is 4.54. The standard InChI is InChI=1S/C11H15N3O3/c1-11(2,3)14-10(17)13-8-6-4-5-7(12-8)9(15)16/h4-6H,1-3H3,(H,15,16)(H2,12,13,14,17). The Labute approximate surface area is 99.1 Å². The molecule has 17 heavy (non-hydrogen) atoms. The van der Waals surface area contributed by atoms with Crippen LogP contribution in [0.25, 0.3) is 0 Å². The maximum atomic E-state index is 11.5. The number of aromatic nitrogens is 1. The number of anilines is 1. The van der Waals surface area contributed by atoms with Crippen LogP contribution in [0.3, 0.4) is 0 Å². The summed E-state index contributed by atoms with van der Waals surface area (Å²) in [5.41, 5.74) is -0.479.